The molecule has 0 saturated heterocycles. The molecule has 0 bridgehead atoms. The summed E-state index contributed by atoms with van der Waals surface area (Å²) in [6, 6.07) is 12.1. The number of rotatable bonds is 3. The molecular weight excluding hydrogens is 212 g/mol. The Bertz CT molecular complexity index is 528. The zero-order valence-corrected chi connectivity index (χ0v) is 10.3. The number of hydrogen-bond acceptors (Lipinski definition) is 2. The van der Waals surface area contributed by atoms with E-state index in [1.807, 2.05) is 35.9 Å². The molecule has 3 heteroatoms. The van der Waals surface area contributed by atoms with Crippen LogP contribution in [0.1, 0.15) is 41.6 Å². The third kappa shape index (κ3) is 2.28. The Hall–Kier alpha value is -1.90. The van der Waals surface area contributed by atoms with Crippen molar-refractivity contribution in [2.24, 2.45) is 0 Å². The van der Waals surface area contributed by atoms with Crippen molar-refractivity contribution < 1.29 is 4.79 Å². The van der Waals surface area contributed by atoms with Gasteiger partial charge in [0.2, 0.25) is 0 Å². The molecule has 0 aliphatic heterocycles. The highest BCUT2D eigenvalue weighted by atomic mass is 16.1. The fourth-order valence-electron chi connectivity index (χ4n) is 1.92. The van der Waals surface area contributed by atoms with Gasteiger partial charge in [-0.05, 0) is 25.5 Å². The number of Topliss-reactive ketones (excluding diaryl/α,β-unsaturated/α-hetero) is 1. The maximum atomic E-state index is 11.3. The van der Waals surface area contributed by atoms with Crippen LogP contribution in [0, 0.1) is 6.92 Å². The Kier molecular flexibility index (Phi) is 3.09. The van der Waals surface area contributed by atoms with E-state index in [1.54, 1.807) is 6.92 Å². The summed E-state index contributed by atoms with van der Waals surface area (Å²) < 4.78 is 1.89. The second-order valence-corrected chi connectivity index (χ2v) is 4.26. The summed E-state index contributed by atoms with van der Waals surface area (Å²) in [6.45, 7) is 5.59. The standard InChI is InChI=1S/C14H16N2O/c1-10-9-14(12(3)17)15-16(10)11(2)13-7-5-4-6-8-13/h4-9,11H,1-3H3. The van der Waals surface area contributed by atoms with Crippen molar-refractivity contribution in [3.63, 3.8) is 0 Å². The number of aromatic nitrogens is 2. The minimum atomic E-state index is 0.00658. The van der Waals surface area contributed by atoms with E-state index in [2.05, 4.69) is 24.2 Å². The van der Waals surface area contributed by atoms with Gasteiger partial charge in [-0.15, -0.1) is 0 Å². The van der Waals surface area contributed by atoms with Crippen LogP contribution in [0.5, 0.6) is 0 Å². The summed E-state index contributed by atoms with van der Waals surface area (Å²) >= 11 is 0. The highest BCUT2D eigenvalue weighted by molar-refractivity contribution is 5.92. The molecule has 88 valence electrons. The SMILES string of the molecule is CC(=O)c1cc(C)n(C(C)c2ccccc2)n1. The normalized spacial score (nSPS) is 12.4. The molecule has 0 saturated carbocycles. The van der Waals surface area contributed by atoms with Crippen molar-refractivity contribution in [3.05, 3.63) is 53.3 Å². The lowest BCUT2D eigenvalue weighted by atomic mass is 10.1. The van der Waals surface area contributed by atoms with E-state index in [0.717, 1.165) is 5.69 Å². The van der Waals surface area contributed by atoms with Gasteiger partial charge in [0.15, 0.2) is 5.78 Å². The van der Waals surface area contributed by atoms with E-state index in [4.69, 9.17) is 0 Å². The molecule has 0 radical (unpaired) electrons. The van der Waals surface area contributed by atoms with Gasteiger partial charge in [-0.3, -0.25) is 9.48 Å². The summed E-state index contributed by atoms with van der Waals surface area (Å²) in [4.78, 5) is 11.3. The molecule has 0 N–H and O–H groups in total. The third-order valence-corrected chi connectivity index (χ3v) is 2.93. The van der Waals surface area contributed by atoms with Crippen molar-refractivity contribution in [3.8, 4) is 0 Å². The quantitative estimate of drug-likeness (QED) is 0.757. The number of ketones is 1. The van der Waals surface area contributed by atoms with Crippen LogP contribution in [0.15, 0.2) is 36.4 Å². The zero-order valence-electron chi connectivity index (χ0n) is 10.3. The fraction of sp³-hybridized carbons (Fsp3) is 0.286. The number of carbonyl (C=O) groups is 1. The lowest BCUT2D eigenvalue weighted by molar-refractivity contribution is 0.101. The Labute approximate surface area is 101 Å². The summed E-state index contributed by atoms with van der Waals surface area (Å²) in [5.41, 5.74) is 2.73. The highest BCUT2D eigenvalue weighted by Gasteiger charge is 2.14. The Morgan fingerprint density at radius 1 is 1.29 bits per heavy atom. The second-order valence-electron chi connectivity index (χ2n) is 4.26. The first-order chi connectivity index (χ1) is 8.09. The molecular formula is C14H16N2O. The molecule has 0 amide bonds. The van der Waals surface area contributed by atoms with Crippen LogP contribution in [0.25, 0.3) is 0 Å². The molecule has 17 heavy (non-hydrogen) atoms. The Morgan fingerprint density at radius 2 is 1.94 bits per heavy atom. The molecule has 3 nitrogen and oxygen atoms in total. The summed E-state index contributed by atoms with van der Waals surface area (Å²) in [5.74, 6) is 0.00658. The maximum absolute atomic E-state index is 11.3. The van der Waals surface area contributed by atoms with Gasteiger partial charge in [0.1, 0.15) is 5.69 Å². The van der Waals surface area contributed by atoms with Crippen molar-refractivity contribution in [1.82, 2.24) is 9.78 Å². The van der Waals surface area contributed by atoms with Gasteiger partial charge >= 0.3 is 0 Å². The molecule has 1 aromatic carbocycles. The van der Waals surface area contributed by atoms with E-state index in [1.165, 1.54) is 5.56 Å². The molecule has 1 atom stereocenters. The minimum Gasteiger partial charge on any atom is -0.293 e. The van der Waals surface area contributed by atoms with Crippen LogP contribution in [-0.4, -0.2) is 15.6 Å². The Morgan fingerprint density at radius 3 is 2.47 bits per heavy atom. The molecule has 0 fully saturated rings. The Balaban J connectivity index is 2.37. The number of nitrogens with zero attached hydrogens (tertiary/aromatic N) is 2. The van der Waals surface area contributed by atoms with Gasteiger partial charge in [-0.2, -0.15) is 5.10 Å². The molecule has 0 aliphatic carbocycles. The van der Waals surface area contributed by atoms with E-state index in [0.29, 0.717) is 5.69 Å². The van der Waals surface area contributed by atoms with Crippen molar-refractivity contribution in [2.45, 2.75) is 26.8 Å². The van der Waals surface area contributed by atoms with Crippen LogP contribution >= 0.6 is 0 Å². The largest absolute Gasteiger partial charge is 0.293 e. The van der Waals surface area contributed by atoms with E-state index in [9.17, 15) is 4.79 Å². The molecule has 0 spiro atoms. The van der Waals surface area contributed by atoms with E-state index >= 15 is 0 Å². The van der Waals surface area contributed by atoms with E-state index in [-0.39, 0.29) is 11.8 Å². The lowest BCUT2D eigenvalue weighted by Gasteiger charge is -2.14. The van der Waals surface area contributed by atoms with Crippen molar-refractivity contribution >= 4 is 5.78 Å². The van der Waals surface area contributed by atoms with Gasteiger partial charge in [0, 0.05) is 12.6 Å². The summed E-state index contributed by atoms with van der Waals surface area (Å²) in [5, 5.41) is 4.35. The predicted molar refractivity (Wildman–Crippen MR) is 67.2 cm³/mol. The first kappa shape index (κ1) is 11.6. The molecule has 2 rings (SSSR count). The number of aryl methyl sites for hydroxylation is 1. The third-order valence-electron chi connectivity index (χ3n) is 2.93. The van der Waals surface area contributed by atoms with Gasteiger partial charge in [0.25, 0.3) is 0 Å². The van der Waals surface area contributed by atoms with Crippen molar-refractivity contribution in [2.75, 3.05) is 0 Å². The smallest absolute Gasteiger partial charge is 0.179 e. The highest BCUT2D eigenvalue weighted by Crippen LogP contribution is 2.19. The van der Waals surface area contributed by atoms with Crippen molar-refractivity contribution in [1.29, 1.82) is 0 Å². The molecule has 0 aliphatic rings. The monoisotopic (exact) mass is 228 g/mol. The van der Waals surface area contributed by atoms with Gasteiger partial charge in [0.05, 0.1) is 6.04 Å². The fourth-order valence-corrected chi connectivity index (χ4v) is 1.92. The topological polar surface area (TPSA) is 34.9 Å². The molecule has 1 heterocycles. The lowest BCUT2D eigenvalue weighted by Crippen LogP contribution is -2.10. The van der Waals surface area contributed by atoms with Gasteiger partial charge in [-0.1, -0.05) is 30.3 Å². The maximum Gasteiger partial charge on any atom is 0.179 e. The summed E-state index contributed by atoms with van der Waals surface area (Å²) in [6.07, 6.45) is 0. The van der Waals surface area contributed by atoms with Crippen LogP contribution in [0.3, 0.4) is 0 Å². The summed E-state index contributed by atoms with van der Waals surface area (Å²) in [7, 11) is 0. The van der Waals surface area contributed by atoms with E-state index < -0.39 is 0 Å². The zero-order chi connectivity index (χ0) is 12.4. The number of benzene rings is 1. The average Bonchev–Trinajstić information content (AvgIpc) is 2.72. The van der Waals surface area contributed by atoms with Gasteiger partial charge in [-0.25, -0.2) is 0 Å². The number of carbonyl (C=O) groups excluding carboxylic acids is 1. The van der Waals surface area contributed by atoms with Gasteiger partial charge < -0.3 is 0 Å². The molecule has 1 aromatic heterocycles. The first-order valence-corrected chi connectivity index (χ1v) is 5.71. The number of hydrogen-bond donors (Lipinski definition) is 0. The van der Waals surface area contributed by atoms with Crippen LogP contribution in [-0.2, 0) is 0 Å². The molecule has 2 aromatic rings. The van der Waals surface area contributed by atoms with Crippen LogP contribution in [0.4, 0.5) is 0 Å². The molecule has 1 unspecified atom stereocenters. The average molecular weight is 228 g/mol. The second kappa shape index (κ2) is 4.53. The first-order valence-electron chi connectivity index (χ1n) is 5.71. The van der Waals surface area contributed by atoms with Crippen LogP contribution in [0.2, 0.25) is 0 Å². The van der Waals surface area contributed by atoms with Crippen LogP contribution < -0.4 is 0 Å². The predicted octanol–water partition coefficient (Wildman–Crippen LogP) is 3.00. The minimum absolute atomic E-state index is 0.00658.